The van der Waals surface area contributed by atoms with Crippen LogP contribution < -0.4 is 15.5 Å². The monoisotopic (exact) mass is 392 g/mol. The maximum atomic E-state index is 13.9. The first-order chi connectivity index (χ1) is 13.1. The second-order valence-corrected chi connectivity index (χ2v) is 6.28. The van der Waals surface area contributed by atoms with Crippen molar-refractivity contribution < 1.29 is 27.6 Å². The number of benzene rings is 1. The van der Waals surface area contributed by atoms with Crippen molar-refractivity contribution in [3.63, 3.8) is 0 Å². The molecule has 28 heavy (non-hydrogen) atoms. The highest BCUT2D eigenvalue weighted by molar-refractivity contribution is 6.24. The van der Waals surface area contributed by atoms with Crippen LogP contribution in [-0.4, -0.2) is 34.7 Å². The molecule has 146 valence electrons. The number of hydrogen-bond donors (Lipinski definition) is 2. The molecule has 1 aromatic heterocycles. The van der Waals surface area contributed by atoms with Gasteiger partial charge in [0.05, 0.1) is 11.3 Å². The van der Waals surface area contributed by atoms with E-state index >= 15 is 0 Å². The molecule has 1 fully saturated rings. The number of pyridine rings is 1. The number of alkyl halides is 3. The van der Waals surface area contributed by atoms with E-state index in [1.54, 1.807) is 30.5 Å². The summed E-state index contributed by atoms with van der Waals surface area (Å²) < 4.78 is 41.6. The molecular weight excluding hydrogens is 377 g/mol. The van der Waals surface area contributed by atoms with Gasteiger partial charge in [-0.05, 0) is 49.2 Å². The summed E-state index contributed by atoms with van der Waals surface area (Å²) in [5, 5.41) is 3.23. The number of halogens is 3. The molecule has 1 aliphatic heterocycles. The Labute approximate surface area is 157 Å². The second kappa shape index (κ2) is 6.63. The van der Waals surface area contributed by atoms with E-state index in [4.69, 9.17) is 0 Å². The third-order valence-electron chi connectivity index (χ3n) is 4.42. The summed E-state index contributed by atoms with van der Waals surface area (Å²) in [6, 6.07) is 5.64. The zero-order valence-electron chi connectivity index (χ0n) is 14.8. The predicted molar refractivity (Wildman–Crippen MR) is 92.4 cm³/mol. The van der Waals surface area contributed by atoms with Crippen molar-refractivity contribution in [2.24, 2.45) is 0 Å². The summed E-state index contributed by atoms with van der Waals surface area (Å²) in [7, 11) is 0. The molecule has 2 heterocycles. The van der Waals surface area contributed by atoms with Gasteiger partial charge in [0.1, 0.15) is 0 Å². The van der Waals surface area contributed by atoms with Crippen molar-refractivity contribution in [1.82, 2.24) is 15.6 Å². The fraction of sp³-hybridized carbons (Fsp3) is 0.222. The Balaban J connectivity index is 2.02. The molecule has 4 amide bonds. The minimum absolute atomic E-state index is 0.0349. The predicted octanol–water partition coefficient (Wildman–Crippen LogP) is 2.44. The van der Waals surface area contributed by atoms with E-state index in [1.807, 2.05) is 0 Å². The van der Waals surface area contributed by atoms with Crippen LogP contribution in [0.25, 0.3) is 0 Å². The van der Waals surface area contributed by atoms with Crippen molar-refractivity contribution in [3.8, 4) is 0 Å². The molecule has 10 heteroatoms. The quantitative estimate of drug-likeness (QED) is 0.785. The fourth-order valence-electron chi connectivity index (χ4n) is 2.72. The number of aromatic nitrogens is 1. The van der Waals surface area contributed by atoms with Gasteiger partial charge in [0.15, 0.2) is 0 Å². The lowest BCUT2D eigenvalue weighted by atomic mass is 10.1. The summed E-state index contributed by atoms with van der Waals surface area (Å²) >= 11 is 0. The van der Waals surface area contributed by atoms with Crippen molar-refractivity contribution in [2.45, 2.75) is 25.7 Å². The Bertz CT molecular complexity index is 962. The Morgan fingerprint density at radius 1 is 1.18 bits per heavy atom. The number of urea groups is 1. The maximum absolute atomic E-state index is 13.9. The number of nitrogens with one attached hydrogen (secondary N) is 2. The van der Waals surface area contributed by atoms with Crippen LogP contribution in [0, 0.1) is 13.8 Å². The number of carbonyl (C=O) groups excluding carboxylic acids is 3. The first kappa shape index (κ1) is 19.3. The zero-order valence-corrected chi connectivity index (χ0v) is 14.8. The maximum Gasteiger partial charge on any atom is 0.440 e. The molecule has 1 aliphatic rings. The Morgan fingerprint density at radius 3 is 2.46 bits per heavy atom. The molecule has 3 rings (SSSR count). The molecule has 0 unspecified atom stereocenters. The summed E-state index contributed by atoms with van der Waals surface area (Å²) in [6.45, 7) is 3.47. The largest absolute Gasteiger partial charge is 0.440 e. The number of imide groups is 1. The van der Waals surface area contributed by atoms with Crippen LogP contribution in [0.2, 0.25) is 0 Å². The van der Waals surface area contributed by atoms with Crippen LogP contribution in [0.3, 0.4) is 0 Å². The standard InChI is InChI=1S/C18H15F3N4O3/c1-10-5-6-13(8-11(10)2)25-15(27)17(18(19,20)21,24-16(25)28)23-14(26)12-4-3-7-22-9-12/h3-9H,1-2H3,(H,23,26)(H,24,28)/t17-/m0/s1. The minimum atomic E-state index is -5.29. The number of amides is 4. The molecule has 7 nitrogen and oxygen atoms in total. The van der Waals surface area contributed by atoms with E-state index in [9.17, 15) is 27.6 Å². The van der Waals surface area contributed by atoms with Crippen LogP contribution in [0.5, 0.6) is 0 Å². The molecule has 0 saturated carbocycles. The first-order valence-corrected chi connectivity index (χ1v) is 8.10. The summed E-state index contributed by atoms with van der Waals surface area (Å²) in [6.07, 6.45) is -2.91. The van der Waals surface area contributed by atoms with E-state index in [0.717, 1.165) is 11.8 Å². The average Bonchev–Trinajstić information content (AvgIpc) is 2.89. The highest BCUT2D eigenvalue weighted by atomic mass is 19.4. The summed E-state index contributed by atoms with van der Waals surface area (Å²) in [4.78, 5) is 41.3. The Morgan fingerprint density at radius 2 is 1.89 bits per heavy atom. The van der Waals surface area contributed by atoms with Gasteiger partial charge < -0.3 is 5.32 Å². The van der Waals surface area contributed by atoms with E-state index in [-0.39, 0.29) is 11.3 Å². The number of carbonyl (C=O) groups is 3. The van der Waals surface area contributed by atoms with Crippen molar-refractivity contribution in [1.29, 1.82) is 0 Å². The summed E-state index contributed by atoms with van der Waals surface area (Å²) in [5.74, 6) is -2.86. The molecule has 2 aromatic rings. The van der Waals surface area contributed by atoms with E-state index in [2.05, 4.69) is 4.98 Å². The molecule has 2 N–H and O–H groups in total. The molecule has 0 bridgehead atoms. The van der Waals surface area contributed by atoms with Gasteiger partial charge in [-0.1, -0.05) is 6.07 Å². The van der Waals surface area contributed by atoms with Gasteiger partial charge in [-0.2, -0.15) is 13.2 Å². The Kier molecular flexibility index (Phi) is 4.58. The normalized spacial score (nSPS) is 19.5. The van der Waals surface area contributed by atoms with Crippen LogP contribution in [0.1, 0.15) is 21.5 Å². The molecule has 1 saturated heterocycles. The molecule has 1 aromatic carbocycles. The highest BCUT2D eigenvalue weighted by Gasteiger charge is 2.69. The number of nitrogens with zero attached hydrogens (tertiary/aromatic N) is 2. The third-order valence-corrected chi connectivity index (χ3v) is 4.42. The lowest BCUT2D eigenvalue weighted by Gasteiger charge is -2.29. The van der Waals surface area contributed by atoms with Gasteiger partial charge >= 0.3 is 12.2 Å². The zero-order chi connectivity index (χ0) is 20.7. The van der Waals surface area contributed by atoms with Crippen LogP contribution in [-0.2, 0) is 4.79 Å². The van der Waals surface area contributed by atoms with E-state index in [0.29, 0.717) is 10.5 Å². The van der Waals surface area contributed by atoms with Crippen LogP contribution in [0.4, 0.5) is 23.7 Å². The van der Waals surface area contributed by atoms with E-state index < -0.39 is 29.7 Å². The summed E-state index contributed by atoms with van der Waals surface area (Å²) in [5.41, 5.74) is -2.30. The number of hydrogen-bond acceptors (Lipinski definition) is 4. The van der Waals surface area contributed by atoms with Crippen molar-refractivity contribution in [2.75, 3.05) is 4.90 Å². The highest BCUT2D eigenvalue weighted by Crippen LogP contribution is 2.36. The van der Waals surface area contributed by atoms with Crippen molar-refractivity contribution in [3.05, 3.63) is 59.4 Å². The minimum Gasteiger partial charge on any atom is -0.314 e. The molecule has 0 spiro atoms. The lowest BCUT2D eigenvalue weighted by Crippen LogP contribution is -2.69. The van der Waals surface area contributed by atoms with Gasteiger partial charge in [0.25, 0.3) is 17.5 Å². The first-order valence-electron chi connectivity index (χ1n) is 8.10. The molecular formula is C18H15F3N4O3. The second-order valence-electron chi connectivity index (χ2n) is 6.28. The SMILES string of the molecule is Cc1ccc(N2C(=O)N[C@](NC(=O)c3cccnc3)(C(F)(F)F)C2=O)cc1C. The Hall–Kier alpha value is -3.43. The smallest absolute Gasteiger partial charge is 0.314 e. The van der Waals surface area contributed by atoms with Gasteiger partial charge in [-0.15, -0.1) is 0 Å². The topological polar surface area (TPSA) is 91.4 Å². The molecule has 0 radical (unpaired) electrons. The molecule has 0 aliphatic carbocycles. The number of aryl methyl sites for hydroxylation is 2. The lowest BCUT2D eigenvalue weighted by molar-refractivity contribution is -0.197. The average molecular weight is 392 g/mol. The van der Waals surface area contributed by atoms with Gasteiger partial charge in [0, 0.05) is 12.4 Å². The van der Waals surface area contributed by atoms with Gasteiger partial charge in [0.2, 0.25) is 0 Å². The van der Waals surface area contributed by atoms with Crippen LogP contribution >= 0.6 is 0 Å². The third kappa shape index (κ3) is 3.06. The van der Waals surface area contributed by atoms with Gasteiger partial charge in [-0.25, -0.2) is 9.69 Å². The van der Waals surface area contributed by atoms with Crippen LogP contribution in [0.15, 0.2) is 42.7 Å². The number of anilines is 1. The fourth-order valence-corrected chi connectivity index (χ4v) is 2.72. The molecule has 1 atom stereocenters. The number of rotatable bonds is 3. The van der Waals surface area contributed by atoms with Crippen molar-refractivity contribution >= 4 is 23.5 Å². The van der Waals surface area contributed by atoms with Gasteiger partial charge in [-0.3, -0.25) is 19.9 Å². The van der Waals surface area contributed by atoms with E-state index in [1.165, 1.54) is 30.5 Å².